The SMILES string of the molecule is C=C(C(C)=N)C(=O)OCC. The maximum atomic E-state index is 10.7. The van der Waals surface area contributed by atoms with Gasteiger partial charge in [0.2, 0.25) is 0 Å². The van der Waals surface area contributed by atoms with E-state index in [1.165, 1.54) is 6.92 Å². The van der Waals surface area contributed by atoms with Crippen molar-refractivity contribution in [3.05, 3.63) is 12.2 Å². The lowest BCUT2D eigenvalue weighted by atomic mass is 10.2. The highest BCUT2D eigenvalue weighted by molar-refractivity contribution is 6.16. The minimum Gasteiger partial charge on any atom is -0.462 e. The summed E-state index contributed by atoms with van der Waals surface area (Å²) in [5.74, 6) is -0.505. The highest BCUT2D eigenvalue weighted by Crippen LogP contribution is 1.95. The van der Waals surface area contributed by atoms with E-state index in [1.54, 1.807) is 6.92 Å². The Morgan fingerprint density at radius 2 is 2.20 bits per heavy atom. The Balaban J connectivity index is 3.96. The van der Waals surface area contributed by atoms with Gasteiger partial charge in [-0.1, -0.05) is 6.58 Å². The molecule has 10 heavy (non-hydrogen) atoms. The largest absolute Gasteiger partial charge is 0.462 e. The summed E-state index contributed by atoms with van der Waals surface area (Å²) < 4.78 is 4.59. The number of rotatable bonds is 3. The Labute approximate surface area is 60.2 Å². The average Bonchev–Trinajstić information content (AvgIpc) is 1.87. The van der Waals surface area contributed by atoms with Gasteiger partial charge >= 0.3 is 5.97 Å². The Bertz CT molecular complexity index is 172. The summed E-state index contributed by atoms with van der Waals surface area (Å²) in [5.41, 5.74) is 0.278. The van der Waals surface area contributed by atoms with E-state index in [2.05, 4.69) is 11.3 Å². The van der Waals surface area contributed by atoms with Crippen molar-refractivity contribution in [3.8, 4) is 0 Å². The molecule has 0 aliphatic carbocycles. The summed E-state index contributed by atoms with van der Waals surface area (Å²) >= 11 is 0. The second-order valence-electron chi connectivity index (χ2n) is 1.82. The van der Waals surface area contributed by atoms with Crippen LogP contribution in [0.3, 0.4) is 0 Å². The highest BCUT2D eigenvalue weighted by Gasteiger charge is 2.08. The second kappa shape index (κ2) is 3.82. The van der Waals surface area contributed by atoms with E-state index >= 15 is 0 Å². The molecule has 0 aliphatic heterocycles. The molecule has 0 heterocycles. The van der Waals surface area contributed by atoms with E-state index in [0.717, 1.165) is 0 Å². The third kappa shape index (κ3) is 2.44. The fourth-order valence-corrected chi connectivity index (χ4v) is 0.371. The third-order valence-electron chi connectivity index (χ3n) is 0.974. The molecule has 0 saturated carbocycles. The van der Waals surface area contributed by atoms with Gasteiger partial charge in [0.25, 0.3) is 0 Å². The lowest BCUT2D eigenvalue weighted by Gasteiger charge is -2.01. The molecule has 3 heteroatoms. The molecule has 3 nitrogen and oxygen atoms in total. The van der Waals surface area contributed by atoms with Crippen LogP contribution in [0.1, 0.15) is 13.8 Å². The van der Waals surface area contributed by atoms with Crippen LogP contribution in [-0.2, 0) is 9.53 Å². The third-order valence-corrected chi connectivity index (χ3v) is 0.974. The van der Waals surface area contributed by atoms with Gasteiger partial charge in [-0.3, -0.25) is 0 Å². The Kier molecular flexibility index (Phi) is 3.39. The first kappa shape index (κ1) is 8.88. The molecule has 0 aliphatic rings. The molecule has 0 bridgehead atoms. The zero-order valence-corrected chi connectivity index (χ0v) is 6.23. The highest BCUT2D eigenvalue weighted by atomic mass is 16.5. The number of carbonyl (C=O) groups is 1. The van der Waals surface area contributed by atoms with Crippen LogP contribution in [0.25, 0.3) is 0 Å². The molecular formula is C7H11NO2. The van der Waals surface area contributed by atoms with Crippen molar-refractivity contribution in [3.63, 3.8) is 0 Å². The maximum Gasteiger partial charge on any atom is 0.339 e. The molecule has 0 unspecified atom stereocenters. The number of hydrogen-bond donors (Lipinski definition) is 1. The van der Waals surface area contributed by atoms with Gasteiger partial charge in [-0.15, -0.1) is 0 Å². The van der Waals surface area contributed by atoms with Crippen molar-refractivity contribution >= 4 is 11.7 Å². The molecule has 0 radical (unpaired) electrons. The normalized spacial score (nSPS) is 8.60. The predicted octanol–water partition coefficient (Wildman–Crippen LogP) is 1.15. The molecule has 1 N–H and O–H groups in total. The van der Waals surface area contributed by atoms with E-state index in [0.29, 0.717) is 6.61 Å². The lowest BCUT2D eigenvalue weighted by molar-refractivity contribution is -0.137. The topological polar surface area (TPSA) is 50.2 Å². The first-order valence-corrected chi connectivity index (χ1v) is 3.01. The molecule has 0 spiro atoms. The fourth-order valence-electron chi connectivity index (χ4n) is 0.371. The number of carbonyl (C=O) groups excluding carboxylic acids is 1. The minimum atomic E-state index is -0.505. The number of ether oxygens (including phenoxy) is 1. The van der Waals surface area contributed by atoms with Gasteiger partial charge in [-0.25, -0.2) is 4.79 Å². The summed E-state index contributed by atoms with van der Waals surface area (Å²) in [6, 6.07) is 0. The van der Waals surface area contributed by atoms with Crippen LogP contribution < -0.4 is 0 Å². The van der Waals surface area contributed by atoms with Gasteiger partial charge in [-0.05, 0) is 13.8 Å². The van der Waals surface area contributed by atoms with E-state index in [-0.39, 0.29) is 11.3 Å². The van der Waals surface area contributed by atoms with Crippen molar-refractivity contribution in [1.82, 2.24) is 0 Å². The van der Waals surface area contributed by atoms with E-state index in [4.69, 9.17) is 5.41 Å². The van der Waals surface area contributed by atoms with Gasteiger partial charge in [0.1, 0.15) is 0 Å². The number of hydrogen-bond acceptors (Lipinski definition) is 3. The van der Waals surface area contributed by atoms with Crippen LogP contribution in [0.4, 0.5) is 0 Å². The smallest absolute Gasteiger partial charge is 0.339 e. The van der Waals surface area contributed by atoms with Crippen LogP contribution in [0.15, 0.2) is 12.2 Å². The summed E-state index contributed by atoms with van der Waals surface area (Å²) in [4.78, 5) is 10.7. The molecule has 0 aromatic heterocycles. The lowest BCUT2D eigenvalue weighted by Crippen LogP contribution is -2.11. The molecule has 0 saturated heterocycles. The van der Waals surface area contributed by atoms with Crippen molar-refractivity contribution in [2.75, 3.05) is 6.61 Å². The fraction of sp³-hybridized carbons (Fsp3) is 0.429. The number of nitrogens with one attached hydrogen (secondary N) is 1. The van der Waals surface area contributed by atoms with Crippen LogP contribution in [0.2, 0.25) is 0 Å². The van der Waals surface area contributed by atoms with Crippen molar-refractivity contribution < 1.29 is 9.53 Å². The Morgan fingerprint density at radius 3 is 2.50 bits per heavy atom. The maximum absolute atomic E-state index is 10.7. The van der Waals surface area contributed by atoms with Gasteiger partial charge in [0.05, 0.1) is 12.2 Å². The minimum absolute atomic E-state index is 0.127. The average molecular weight is 141 g/mol. The summed E-state index contributed by atoms with van der Waals surface area (Å²) in [7, 11) is 0. The molecule has 0 rings (SSSR count). The Hall–Kier alpha value is -1.12. The van der Waals surface area contributed by atoms with Crippen LogP contribution in [-0.4, -0.2) is 18.3 Å². The standard InChI is InChI=1S/C7H11NO2/c1-4-10-7(9)5(2)6(3)8/h8H,2,4H2,1,3H3. The molecule has 0 amide bonds. The van der Waals surface area contributed by atoms with E-state index < -0.39 is 5.97 Å². The quantitative estimate of drug-likeness (QED) is 0.364. The van der Waals surface area contributed by atoms with Crippen LogP contribution >= 0.6 is 0 Å². The summed E-state index contributed by atoms with van der Waals surface area (Å²) in [5, 5.41) is 7.01. The zero-order chi connectivity index (χ0) is 8.15. The van der Waals surface area contributed by atoms with Crippen LogP contribution in [0, 0.1) is 5.41 Å². The Morgan fingerprint density at radius 1 is 1.70 bits per heavy atom. The molecule has 0 atom stereocenters. The second-order valence-corrected chi connectivity index (χ2v) is 1.82. The first-order chi connectivity index (χ1) is 4.59. The summed E-state index contributed by atoms with van der Waals surface area (Å²) in [6.07, 6.45) is 0. The monoisotopic (exact) mass is 141 g/mol. The molecule has 0 aromatic rings. The number of esters is 1. The van der Waals surface area contributed by atoms with E-state index in [9.17, 15) is 4.79 Å². The first-order valence-electron chi connectivity index (χ1n) is 3.01. The molecule has 0 aromatic carbocycles. The molecule has 56 valence electrons. The van der Waals surface area contributed by atoms with Gasteiger partial charge < -0.3 is 10.1 Å². The van der Waals surface area contributed by atoms with Gasteiger partial charge in [0.15, 0.2) is 0 Å². The van der Waals surface area contributed by atoms with Crippen molar-refractivity contribution in [2.45, 2.75) is 13.8 Å². The van der Waals surface area contributed by atoms with Crippen LogP contribution in [0.5, 0.6) is 0 Å². The molecule has 0 fully saturated rings. The van der Waals surface area contributed by atoms with E-state index in [1.807, 2.05) is 0 Å². The molecular weight excluding hydrogens is 130 g/mol. The van der Waals surface area contributed by atoms with Gasteiger partial charge in [-0.2, -0.15) is 0 Å². The summed E-state index contributed by atoms with van der Waals surface area (Å²) in [6.45, 7) is 6.91. The zero-order valence-electron chi connectivity index (χ0n) is 6.23. The van der Waals surface area contributed by atoms with Crippen molar-refractivity contribution in [2.24, 2.45) is 0 Å². The predicted molar refractivity (Wildman–Crippen MR) is 39.2 cm³/mol. The van der Waals surface area contributed by atoms with Crippen molar-refractivity contribution in [1.29, 1.82) is 5.41 Å². The van der Waals surface area contributed by atoms with Gasteiger partial charge in [0, 0.05) is 5.71 Å².